The van der Waals surface area contributed by atoms with Gasteiger partial charge in [-0.25, -0.2) is 0 Å². The number of ether oxygens (including phenoxy) is 1. The highest BCUT2D eigenvalue weighted by Gasteiger charge is 2.29. The topological polar surface area (TPSA) is 46.5 Å². The molecule has 0 spiro atoms. The van der Waals surface area contributed by atoms with Crippen LogP contribution in [0.3, 0.4) is 0 Å². The van der Waals surface area contributed by atoms with Crippen LogP contribution >= 0.6 is 0 Å². The zero-order valence-electron chi connectivity index (χ0n) is 11.0. The van der Waals surface area contributed by atoms with Gasteiger partial charge in [0.1, 0.15) is 11.5 Å². The quantitative estimate of drug-likeness (QED) is 0.904. The van der Waals surface area contributed by atoms with E-state index in [2.05, 4.69) is 0 Å². The third-order valence-corrected chi connectivity index (χ3v) is 3.09. The lowest BCUT2D eigenvalue weighted by molar-refractivity contribution is -0.142. The maximum absolute atomic E-state index is 11.2. The van der Waals surface area contributed by atoms with Crippen molar-refractivity contribution in [2.24, 2.45) is 0 Å². The zero-order valence-corrected chi connectivity index (χ0v) is 11.0. The molecule has 0 saturated heterocycles. The molecule has 98 valence electrons. The molecular formula is C16H16O3. The number of hydrogen-bond donors (Lipinski definition) is 1. The summed E-state index contributed by atoms with van der Waals surface area (Å²) in [4.78, 5) is 11.2. The Kier molecular flexibility index (Phi) is 3.56. The third kappa shape index (κ3) is 2.94. The van der Waals surface area contributed by atoms with Crippen LogP contribution in [0.2, 0.25) is 0 Å². The van der Waals surface area contributed by atoms with Crippen LogP contribution in [0.4, 0.5) is 0 Å². The number of carboxylic acid groups (broad SMARTS) is 1. The van der Waals surface area contributed by atoms with Crippen molar-refractivity contribution in [2.45, 2.75) is 19.3 Å². The van der Waals surface area contributed by atoms with Crippen molar-refractivity contribution in [1.82, 2.24) is 0 Å². The van der Waals surface area contributed by atoms with Gasteiger partial charge in [0, 0.05) is 0 Å². The van der Waals surface area contributed by atoms with Crippen molar-refractivity contribution < 1.29 is 14.6 Å². The van der Waals surface area contributed by atoms with Crippen molar-refractivity contribution in [3.05, 3.63) is 60.2 Å². The van der Waals surface area contributed by atoms with Gasteiger partial charge in [-0.1, -0.05) is 30.3 Å². The summed E-state index contributed by atoms with van der Waals surface area (Å²) in [5, 5.41) is 9.17. The first-order chi connectivity index (χ1) is 9.00. The maximum Gasteiger partial charge on any atom is 0.313 e. The lowest BCUT2D eigenvalue weighted by Gasteiger charge is -2.19. The molecule has 0 aliphatic carbocycles. The minimum absolute atomic E-state index is 0.691. The molecule has 1 N–H and O–H groups in total. The Morgan fingerprint density at radius 1 is 0.947 bits per heavy atom. The van der Waals surface area contributed by atoms with E-state index in [9.17, 15) is 4.79 Å². The predicted molar refractivity (Wildman–Crippen MR) is 73.6 cm³/mol. The molecule has 2 aromatic rings. The van der Waals surface area contributed by atoms with E-state index in [1.165, 1.54) is 0 Å². The average molecular weight is 256 g/mol. The molecule has 0 bridgehead atoms. The Morgan fingerprint density at radius 3 is 2.00 bits per heavy atom. The first-order valence-electron chi connectivity index (χ1n) is 6.07. The number of carboxylic acids is 1. The van der Waals surface area contributed by atoms with Crippen LogP contribution in [0.15, 0.2) is 54.6 Å². The largest absolute Gasteiger partial charge is 0.481 e. The van der Waals surface area contributed by atoms with Crippen molar-refractivity contribution in [3.63, 3.8) is 0 Å². The normalized spacial score (nSPS) is 11.1. The van der Waals surface area contributed by atoms with E-state index in [1.807, 2.05) is 30.3 Å². The van der Waals surface area contributed by atoms with E-state index in [0.29, 0.717) is 5.75 Å². The molecule has 0 radical (unpaired) electrons. The third-order valence-electron chi connectivity index (χ3n) is 3.09. The van der Waals surface area contributed by atoms with Gasteiger partial charge >= 0.3 is 5.97 Å². The predicted octanol–water partition coefficient (Wildman–Crippen LogP) is 3.84. The second kappa shape index (κ2) is 5.14. The average Bonchev–Trinajstić information content (AvgIpc) is 2.40. The van der Waals surface area contributed by atoms with Crippen LogP contribution in [-0.2, 0) is 10.2 Å². The molecule has 0 atom stereocenters. The molecule has 0 heterocycles. The number of hydrogen-bond acceptors (Lipinski definition) is 2. The number of carbonyl (C=O) groups is 1. The van der Waals surface area contributed by atoms with Gasteiger partial charge in [-0.15, -0.1) is 0 Å². The van der Waals surface area contributed by atoms with Gasteiger partial charge in [0.25, 0.3) is 0 Å². The van der Waals surface area contributed by atoms with Crippen LogP contribution in [0.5, 0.6) is 11.5 Å². The maximum atomic E-state index is 11.2. The minimum atomic E-state index is -0.898. The van der Waals surface area contributed by atoms with Gasteiger partial charge in [0.05, 0.1) is 5.41 Å². The number of para-hydroxylation sites is 1. The van der Waals surface area contributed by atoms with Crippen molar-refractivity contribution >= 4 is 5.97 Å². The second-order valence-corrected chi connectivity index (χ2v) is 4.87. The Labute approximate surface area is 112 Å². The summed E-state index contributed by atoms with van der Waals surface area (Å²) in [6.45, 7) is 3.37. The number of rotatable bonds is 4. The fourth-order valence-electron chi connectivity index (χ4n) is 1.69. The van der Waals surface area contributed by atoms with E-state index in [0.717, 1.165) is 11.3 Å². The summed E-state index contributed by atoms with van der Waals surface area (Å²) in [5.41, 5.74) is -0.147. The molecular weight excluding hydrogens is 240 g/mol. The van der Waals surface area contributed by atoms with Gasteiger partial charge < -0.3 is 9.84 Å². The van der Waals surface area contributed by atoms with Crippen LogP contribution in [-0.4, -0.2) is 11.1 Å². The number of benzene rings is 2. The Hall–Kier alpha value is -2.29. The van der Waals surface area contributed by atoms with Crippen LogP contribution < -0.4 is 4.74 Å². The molecule has 2 rings (SSSR count). The van der Waals surface area contributed by atoms with Gasteiger partial charge in [-0.2, -0.15) is 0 Å². The lowest BCUT2D eigenvalue weighted by Crippen LogP contribution is -2.28. The summed E-state index contributed by atoms with van der Waals surface area (Å²) >= 11 is 0. The van der Waals surface area contributed by atoms with Crippen molar-refractivity contribution in [2.75, 3.05) is 0 Å². The van der Waals surface area contributed by atoms with Gasteiger partial charge in [0.2, 0.25) is 0 Å². The summed E-state index contributed by atoms with van der Waals surface area (Å²) < 4.78 is 5.66. The Morgan fingerprint density at radius 2 is 1.47 bits per heavy atom. The zero-order chi connectivity index (χ0) is 13.9. The molecule has 3 nitrogen and oxygen atoms in total. The van der Waals surface area contributed by atoms with E-state index < -0.39 is 11.4 Å². The SMILES string of the molecule is CC(C)(C(=O)O)c1ccc(Oc2ccccc2)cc1. The van der Waals surface area contributed by atoms with Crippen LogP contribution in [0.1, 0.15) is 19.4 Å². The number of aliphatic carboxylic acids is 1. The summed E-state index contributed by atoms with van der Waals surface area (Å²) in [5.74, 6) is 0.605. The van der Waals surface area contributed by atoms with Gasteiger partial charge in [-0.05, 0) is 43.7 Å². The highest BCUT2D eigenvalue weighted by molar-refractivity contribution is 5.80. The Bertz CT molecular complexity index is 556. The van der Waals surface area contributed by atoms with Crippen LogP contribution in [0, 0.1) is 0 Å². The molecule has 2 aromatic carbocycles. The highest BCUT2D eigenvalue weighted by atomic mass is 16.5. The monoisotopic (exact) mass is 256 g/mol. The molecule has 0 unspecified atom stereocenters. The van der Waals surface area contributed by atoms with E-state index >= 15 is 0 Å². The standard InChI is InChI=1S/C16H16O3/c1-16(2,15(17)18)12-8-10-14(11-9-12)19-13-6-4-3-5-7-13/h3-11H,1-2H3,(H,17,18). The molecule has 0 saturated carbocycles. The molecule has 3 heteroatoms. The van der Waals surface area contributed by atoms with Crippen LogP contribution in [0.25, 0.3) is 0 Å². The van der Waals surface area contributed by atoms with Gasteiger partial charge in [-0.3, -0.25) is 4.79 Å². The molecule has 0 amide bonds. The molecule has 0 aliphatic heterocycles. The summed E-state index contributed by atoms with van der Waals surface area (Å²) in [6.07, 6.45) is 0. The fraction of sp³-hybridized carbons (Fsp3) is 0.188. The van der Waals surface area contributed by atoms with Crippen molar-refractivity contribution in [1.29, 1.82) is 0 Å². The first-order valence-corrected chi connectivity index (χ1v) is 6.07. The minimum Gasteiger partial charge on any atom is -0.481 e. The fourth-order valence-corrected chi connectivity index (χ4v) is 1.69. The van der Waals surface area contributed by atoms with Crippen molar-refractivity contribution in [3.8, 4) is 11.5 Å². The van der Waals surface area contributed by atoms with E-state index in [1.54, 1.807) is 38.1 Å². The van der Waals surface area contributed by atoms with E-state index in [4.69, 9.17) is 9.84 Å². The van der Waals surface area contributed by atoms with Gasteiger partial charge in [0.15, 0.2) is 0 Å². The molecule has 0 aliphatic rings. The first kappa shape index (κ1) is 13.1. The smallest absolute Gasteiger partial charge is 0.313 e. The Balaban J connectivity index is 2.18. The summed E-state index contributed by atoms with van der Waals surface area (Å²) in [6, 6.07) is 16.6. The molecule has 0 fully saturated rings. The molecule has 0 aromatic heterocycles. The lowest BCUT2D eigenvalue weighted by atomic mass is 9.85. The second-order valence-electron chi connectivity index (χ2n) is 4.87. The van der Waals surface area contributed by atoms with E-state index in [-0.39, 0.29) is 0 Å². The summed E-state index contributed by atoms with van der Waals surface area (Å²) in [7, 11) is 0. The highest BCUT2D eigenvalue weighted by Crippen LogP contribution is 2.27. The molecule has 19 heavy (non-hydrogen) atoms.